The number of halogens is 1. The Labute approximate surface area is 117 Å². The molecule has 102 valence electrons. The second-order valence-corrected chi connectivity index (χ2v) is 4.71. The van der Waals surface area contributed by atoms with Crippen molar-refractivity contribution in [1.29, 1.82) is 0 Å². The number of aryl methyl sites for hydroxylation is 1. The van der Waals surface area contributed by atoms with E-state index in [2.05, 4.69) is 10.3 Å². The van der Waals surface area contributed by atoms with Crippen molar-refractivity contribution < 1.29 is 9.15 Å². The maximum atomic E-state index is 6.00. The highest BCUT2D eigenvalue weighted by Gasteiger charge is 2.09. The van der Waals surface area contributed by atoms with Crippen LogP contribution in [0.25, 0.3) is 11.5 Å². The fourth-order valence-electron chi connectivity index (χ4n) is 1.73. The molecule has 0 saturated carbocycles. The van der Waals surface area contributed by atoms with E-state index in [-0.39, 0.29) is 0 Å². The third kappa shape index (κ3) is 3.80. The molecular weight excluding hydrogens is 264 g/mol. The van der Waals surface area contributed by atoms with Crippen LogP contribution >= 0.6 is 11.6 Å². The molecular formula is C14H17ClN2O2. The molecule has 0 bridgehead atoms. The zero-order valence-corrected chi connectivity index (χ0v) is 11.8. The number of hydrogen-bond acceptors (Lipinski definition) is 4. The smallest absolute Gasteiger partial charge is 0.226 e. The molecule has 0 atom stereocenters. The molecule has 1 heterocycles. The van der Waals surface area contributed by atoms with E-state index in [4.69, 9.17) is 20.8 Å². The Bertz CT molecular complexity index is 540. The third-order valence-corrected chi connectivity index (χ3v) is 3.01. The van der Waals surface area contributed by atoms with Gasteiger partial charge < -0.3 is 14.5 Å². The van der Waals surface area contributed by atoms with Crippen molar-refractivity contribution in [2.24, 2.45) is 0 Å². The molecule has 0 radical (unpaired) electrons. The number of methoxy groups -OCH3 is 1. The molecule has 1 aromatic heterocycles. The summed E-state index contributed by atoms with van der Waals surface area (Å²) in [5.41, 5.74) is 2.88. The summed E-state index contributed by atoms with van der Waals surface area (Å²) in [5.74, 6) is 0.601. The molecule has 0 fully saturated rings. The Morgan fingerprint density at radius 2 is 2.26 bits per heavy atom. The van der Waals surface area contributed by atoms with Crippen LogP contribution in [-0.4, -0.2) is 25.2 Å². The van der Waals surface area contributed by atoms with E-state index in [1.54, 1.807) is 13.4 Å². The maximum Gasteiger partial charge on any atom is 0.226 e. The summed E-state index contributed by atoms with van der Waals surface area (Å²) in [5, 5.41) is 3.90. The van der Waals surface area contributed by atoms with E-state index in [1.807, 2.05) is 25.1 Å². The maximum absolute atomic E-state index is 6.00. The minimum absolute atomic E-state index is 0.601. The summed E-state index contributed by atoms with van der Waals surface area (Å²) in [6.45, 7) is 4.13. The first-order valence-electron chi connectivity index (χ1n) is 6.11. The molecule has 2 rings (SSSR count). The molecule has 5 heteroatoms. The summed E-state index contributed by atoms with van der Waals surface area (Å²) in [6, 6.07) is 5.68. The van der Waals surface area contributed by atoms with Gasteiger partial charge >= 0.3 is 0 Å². The normalized spacial score (nSPS) is 10.9. The van der Waals surface area contributed by atoms with Gasteiger partial charge in [0.05, 0.1) is 12.3 Å². The lowest BCUT2D eigenvalue weighted by Gasteiger charge is -2.01. The molecule has 2 aromatic rings. The van der Waals surface area contributed by atoms with E-state index in [9.17, 15) is 0 Å². The van der Waals surface area contributed by atoms with Crippen LogP contribution in [0.15, 0.2) is 28.9 Å². The first-order valence-corrected chi connectivity index (χ1v) is 6.49. The summed E-state index contributed by atoms with van der Waals surface area (Å²) in [7, 11) is 1.68. The van der Waals surface area contributed by atoms with Gasteiger partial charge in [0, 0.05) is 30.8 Å². The van der Waals surface area contributed by atoms with E-state index in [0.29, 0.717) is 24.1 Å². The number of oxazole rings is 1. The summed E-state index contributed by atoms with van der Waals surface area (Å²) < 4.78 is 10.5. The van der Waals surface area contributed by atoms with Crippen LogP contribution in [-0.2, 0) is 11.3 Å². The first kappa shape index (κ1) is 14.1. The average molecular weight is 281 g/mol. The number of aromatic nitrogens is 1. The SMILES string of the molecule is COCCNCc1coc(-c2cc(Cl)ccc2C)n1. The van der Waals surface area contributed by atoms with E-state index < -0.39 is 0 Å². The molecule has 4 nitrogen and oxygen atoms in total. The fourth-order valence-corrected chi connectivity index (χ4v) is 1.90. The molecule has 0 amide bonds. The largest absolute Gasteiger partial charge is 0.444 e. The average Bonchev–Trinajstić information content (AvgIpc) is 2.86. The van der Waals surface area contributed by atoms with Crippen molar-refractivity contribution >= 4 is 11.6 Å². The van der Waals surface area contributed by atoms with Crippen molar-refractivity contribution in [1.82, 2.24) is 10.3 Å². The zero-order chi connectivity index (χ0) is 13.7. The highest BCUT2D eigenvalue weighted by Crippen LogP contribution is 2.25. The van der Waals surface area contributed by atoms with Gasteiger partial charge in [-0.1, -0.05) is 17.7 Å². The van der Waals surface area contributed by atoms with Crippen LogP contribution < -0.4 is 5.32 Å². The lowest BCUT2D eigenvalue weighted by Crippen LogP contribution is -2.18. The van der Waals surface area contributed by atoms with Crippen LogP contribution in [0.4, 0.5) is 0 Å². The Hall–Kier alpha value is -1.36. The lowest BCUT2D eigenvalue weighted by atomic mass is 10.1. The van der Waals surface area contributed by atoms with Crippen LogP contribution in [0.1, 0.15) is 11.3 Å². The van der Waals surface area contributed by atoms with Crippen molar-refractivity contribution in [2.75, 3.05) is 20.3 Å². The van der Waals surface area contributed by atoms with Crippen molar-refractivity contribution in [3.8, 4) is 11.5 Å². The number of benzene rings is 1. The number of rotatable bonds is 6. The third-order valence-electron chi connectivity index (χ3n) is 2.77. The second-order valence-electron chi connectivity index (χ2n) is 4.27. The molecule has 0 aliphatic rings. The van der Waals surface area contributed by atoms with Gasteiger partial charge in [-0.25, -0.2) is 4.98 Å². The molecule has 1 N–H and O–H groups in total. The minimum atomic E-state index is 0.601. The van der Waals surface area contributed by atoms with Crippen LogP contribution in [0.5, 0.6) is 0 Å². The van der Waals surface area contributed by atoms with E-state index >= 15 is 0 Å². The molecule has 0 unspecified atom stereocenters. The highest BCUT2D eigenvalue weighted by atomic mass is 35.5. The van der Waals surface area contributed by atoms with Gasteiger partial charge in [-0.2, -0.15) is 0 Å². The Morgan fingerprint density at radius 3 is 3.05 bits per heavy atom. The van der Waals surface area contributed by atoms with Crippen LogP contribution in [0.2, 0.25) is 5.02 Å². The number of ether oxygens (including phenoxy) is 1. The first-order chi connectivity index (χ1) is 9.20. The Balaban J connectivity index is 2.06. The van der Waals surface area contributed by atoms with Gasteiger partial charge in [-0.05, 0) is 24.6 Å². The molecule has 0 saturated heterocycles. The standard InChI is InChI=1S/C14H17ClN2O2/c1-10-3-4-11(15)7-13(10)14-17-12(9-19-14)8-16-5-6-18-2/h3-4,7,9,16H,5-6,8H2,1-2H3. The van der Waals surface area contributed by atoms with Crippen molar-refractivity contribution in [3.63, 3.8) is 0 Å². The van der Waals surface area contributed by atoms with Crippen molar-refractivity contribution in [2.45, 2.75) is 13.5 Å². The van der Waals surface area contributed by atoms with Gasteiger partial charge in [0.25, 0.3) is 0 Å². The topological polar surface area (TPSA) is 47.3 Å². The summed E-state index contributed by atoms with van der Waals surface area (Å²) in [4.78, 5) is 4.45. The van der Waals surface area contributed by atoms with Gasteiger partial charge in [0.2, 0.25) is 5.89 Å². The predicted molar refractivity (Wildman–Crippen MR) is 75.3 cm³/mol. The number of nitrogens with zero attached hydrogens (tertiary/aromatic N) is 1. The predicted octanol–water partition coefficient (Wildman–Crippen LogP) is 3.04. The van der Waals surface area contributed by atoms with Gasteiger partial charge in [-0.3, -0.25) is 0 Å². The van der Waals surface area contributed by atoms with Crippen LogP contribution in [0.3, 0.4) is 0 Å². The number of hydrogen-bond donors (Lipinski definition) is 1. The Morgan fingerprint density at radius 1 is 1.42 bits per heavy atom. The van der Waals surface area contributed by atoms with Gasteiger partial charge in [0.1, 0.15) is 6.26 Å². The van der Waals surface area contributed by atoms with E-state index in [0.717, 1.165) is 23.4 Å². The minimum Gasteiger partial charge on any atom is -0.444 e. The van der Waals surface area contributed by atoms with Gasteiger partial charge in [-0.15, -0.1) is 0 Å². The fraction of sp³-hybridized carbons (Fsp3) is 0.357. The zero-order valence-electron chi connectivity index (χ0n) is 11.1. The molecule has 19 heavy (non-hydrogen) atoms. The summed E-state index contributed by atoms with van der Waals surface area (Å²) >= 11 is 6.00. The van der Waals surface area contributed by atoms with Gasteiger partial charge in [0.15, 0.2) is 0 Å². The van der Waals surface area contributed by atoms with Crippen LogP contribution in [0, 0.1) is 6.92 Å². The summed E-state index contributed by atoms with van der Waals surface area (Å²) in [6.07, 6.45) is 1.66. The number of nitrogens with one attached hydrogen (secondary N) is 1. The highest BCUT2D eigenvalue weighted by molar-refractivity contribution is 6.30. The van der Waals surface area contributed by atoms with E-state index in [1.165, 1.54) is 0 Å². The Kier molecular flexibility index (Phi) is 4.96. The lowest BCUT2D eigenvalue weighted by molar-refractivity contribution is 0.199. The molecule has 0 aliphatic carbocycles. The molecule has 1 aromatic carbocycles. The molecule has 0 aliphatic heterocycles. The monoisotopic (exact) mass is 280 g/mol. The quantitative estimate of drug-likeness (QED) is 0.826. The second kappa shape index (κ2) is 6.70. The molecule has 0 spiro atoms. The van der Waals surface area contributed by atoms with Crippen molar-refractivity contribution in [3.05, 3.63) is 40.7 Å².